The number of hydrogen-bond donors (Lipinski definition) is 11. The molecule has 3 aromatic rings. The van der Waals surface area contributed by atoms with E-state index in [1.807, 2.05) is 24.3 Å². The number of carbonyl (C=O) groups excluding carboxylic acids is 1. The summed E-state index contributed by atoms with van der Waals surface area (Å²) in [4.78, 5) is 31.6. The zero-order valence-corrected chi connectivity index (χ0v) is 21.8. The monoisotopic (exact) mass is 554 g/mol. The lowest BCUT2D eigenvalue weighted by Gasteiger charge is -2.21. The number of phenols is 1. The number of hydrogen-bond acceptors (Lipinski definition) is 11. The first kappa shape index (κ1) is 28.6. The number of guanidine groups is 1. The van der Waals surface area contributed by atoms with Crippen LogP contribution < -0.4 is 32.3 Å². The normalized spacial score (nSPS) is 17.4. The highest BCUT2D eigenvalue weighted by Crippen LogP contribution is 2.29. The average Bonchev–Trinajstić information content (AvgIpc) is 3.27. The van der Waals surface area contributed by atoms with Crippen LogP contribution in [0.5, 0.6) is 5.75 Å². The van der Waals surface area contributed by atoms with E-state index in [1.54, 1.807) is 13.0 Å². The third-order valence-corrected chi connectivity index (χ3v) is 6.40. The Kier molecular flexibility index (Phi) is 9.06. The zero-order chi connectivity index (χ0) is 28.8. The van der Waals surface area contributed by atoms with Crippen molar-refractivity contribution in [2.75, 3.05) is 37.2 Å². The number of para-hydroxylation sites is 1. The summed E-state index contributed by atoms with van der Waals surface area (Å²) in [5.41, 5.74) is 8.96. The van der Waals surface area contributed by atoms with E-state index in [0.29, 0.717) is 29.6 Å². The van der Waals surface area contributed by atoms with Gasteiger partial charge < -0.3 is 47.1 Å². The van der Waals surface area contributed by atoms with Crippen molar-refractivity contribution >= 4 is 40.1 Å². The van der Waals surface area contributed by atoms with Gasteiger partial charge in [0.25, 0.3) is 0 Å². The number of nitrogen functional groups attached to an aromatic ring is 1. The Bertz CT molecular complexity index is 1390. The number of nitrogens with zero attached hydrogens (tertiary/aromatic N) is 1. The molecule has 0 bridgehead atoms. The predicted molar refractivity (Wildman–Crippen MR) is 150 cm³/mol. The van der Waals surface area contributed by atoms with E-state index < -0.39 is 36.3 Å². The van der Waals surface area contributed by atoms with E-state index in [2.05, 4.69) is 36.6 Å². The largest absolute Gasteiger partial charge is 0.508 e. The Labute approximate surface area is 229 Å². The minimum atomic E-state index is -1.31. The highest BCUT2D eigenvalue weighted by Gasteiger charge is 2.24. The van der Waals surface area contributed by atoms with E-state index >= 15 is 0 Å². The van der Waals surface area contributed by atoms with E-state index in [4.69, 9.17) is 5.73 Å². The minimum absolute atomic E-state index is 0.123. The molecule has 1 aliphatic heterocycles. The summed E-state index contributed by atoms with van der Waals surface area (Å²) in [6.45, 7) is 1.80. The lowest BCUT2D eigenvalue weighted by molar-refractivity contribution is -0.139. The Balaban J connectivity index is 1.29. The van der Waals surface area contributed by atoms with E-state index in [0.717, 1.165) is 10.9 Å². The molecule has 14 heteroatoms. The second-order valence-corrected chi connectivity index (χ2v) is 9.53. The molecule has 1 aromatic heterocycles. The Morgan fingerprint density at radius 3 is 2.70 bits per heavy atom. The van der Waals surface area contributed by atoms with Gasteiger partial charge in [-0.25, -0.2) is 0 Å². The molecular formula is C26H34N8O6. The van der Waals surface area contributed by atoms with E-state index in [1.165, 1.54) is 12.1 Å². The predicted octanol–water partition coefficient (Wildman–Crippen LogP) is -0.312. The molecule has 40 heavy (non-hydrogen) atoms. The summed E-state index contributed by atoms with van der Waals surface area (Å²) in [6.07, 6.45) is -1.88. The standard InChI is InChI=1S/C26H34N8O6/c1-13(23-22(27)18-4-2-3-5-19(18)34-23)32-20(25(39)40)11-28-21(37)12-29-24(38)14-6-15(8-16(35)7-14)33-26-30-9-17(36)10-31-26/h2-8,13,17,20,24,29,32,34-36,38H,9-12,27H2,1H3,(H,28,37)(H,39,40)(H2,30,31,33). The van der Waals surface area contributed by atoms with E-state index in [9.17, 15) is 30.0 Å². The summed E-state index contributed by atoms with van der Waals surface area (Å²) >= 11 is 0. The molecule has 0 saturated heterocycles. The number of aliphatic carboxylic acids is 1. The van der Waals surface area contributed by atoms with Crippen LogP contribution >= 0.6 is 0 Å². The first-order valence-electron chi connectivity index (χ1n) is 12.7. The number of anilines is 2. The molecule has 2 aromatic carbocycles. The number of aliphatic hydroxyl groups is 2. The maximum absolute atomic E-state index is 12.4. The van der Waals surface area contributed by atoms with Crippen LogP contribution in [0.15, 0.2) is 47.5 Å². The van der Waals surface area contributed by atoms with Crippen LogP contribution in [0, 0.1) is 0 Å². The zero-order valence-electron chi connectivity index (χ0n) is 21.8. The number of carboxylic acid groups (broad SMARTS) is 1. The number of β-amino-alcohol motifs (C(OH)–C–C–N with tert-alkyl or cyclic N) is 1. The van der Waals surface area contributed by atoms with Gasteiger partial charge in [0.05, 0.1) is 30.6 Å². The number of fused-ring (bicyclic) bond motifs is 1. The molecule has 1 amide bonds. The molecule has 214 valence electrons. The molecule has 0 saturated carbocycles. The molecule has 0 radical (unpaired) electrons. The van der Waals surface area contributed by atoms with Gasteiger partial charge in [0.1, 0.15) is 18.0 Å². The number of aliphatic imine (C=N–C) groups is 1. The summed E-state index contributed by atoms with van der Waals surface area (Å²) in [7, 11) is 0. The average molecular weight is 555 g/mol. The maximum Gasteiger partial charge on any atom is 0.322 e. The summed E-state index contributed by atoms with van der Waals surface area (Å²) in [5.74, 6) is -1.41. The van der Waals surface area contributed by atoms with Gasteiger partial charge >= 0.3 is 5.97 Å². The maximum atomic E-state index is 12.4. The number of benzene rings is 2. The SMILES string of the molecule is CC(NC(CNC(=O)CNC(O)c1cc(O)cc(NC2=NCC(O)CN2)c1)C(=O)O)c1[nH]c2ccccc2c1N. The molecule has 2 heterocycles. The van der Waals surface area contributed by atoms with Gasteiger partial charge in [-0.1, -0.05) is 18.2 Å². The van der Waals surface area contributed by atoms with Gasteiger partial charge in [-0.15, -0.1) is 0 Å². The number of aromatic amines is 1. The molecule has 12 N–H and O–H groups in total. The highest BCUT2D eigenvalue weighted by atomic mass is 16.4. The Morgan fingerprint density at radius 2 is 2.00 bits per heavy atom. The lowest BCUT2D eigenvalue weighted by Crippen LogP contribution is -2.48. The topological polar surface area (TPSA) is 229 Å². The number of rotatable bonds is 11. The number of amides is 1. The summed E-state index contributed by atoms with van der Waals surface area (Å²) < 4.78 is 0. The minimum Gasteiger partial charge on any atom is -0.508 e. The number of nitrogens with one attached hydrogen (secondary N) is 6. The van der Waals surface area contributed by atoms with Crippen molar-refractivity contribution in [3.8, 4) is 5.75 Å². The second-order valence-electron chi connectivity index (χ2n) is 9.53. The second kappa shape index (κ2) is 12.7. The van der Waals surface area contributed by atoms with E-state index in [-0.39, 0.29) is 30.9 Å². The fraction of sp³-hybridized carbons (Fsp3) is 0.346. The van der Waals surface area contributed by atoms with Crippen molar-refractivity contribution < 1.29 is 30.0 Å². The number of nitrogens with two attached hydrogens (primary N) is 1. The van der Waals surface area contributed by atoms with Crippen LogP contribution in [0.1, 0.15) is 30.5 Å². The molecule has 0 aliphatic carbocycles. The van der Waals surface area contributed by atoms with Crippen LogP contribution in [0.2, 0.25) is 0 Å². The molecule has 0 fully saturated rings. The van der Waals surface area contributed by atoms with Crippen LogP contribution in [-0.2, 0) is 9.59 Å². The number of phenolic OH excluding ortho intramolecular Hbond substituents is 1. The van der Waals surface area contributed by atoms with Crippen molar-refractivity contribution in [2.45, 2.75) is 31.3 Å². The third-order valence-electron chi connectivity index (χ3n) is 6.40. The number of aromatic nitrogens is 1. The van der Waals surface area contributed by atoms with Gasteiger partial charge in [-0.2, -0.15) is 0 Å². The summed E-state index contributed by atoms with van der Waals surface area (Å²) in [6, 6.07) is 10.3. The molecule has 14 nitrogen and oxygen atoms in total. The lowest BCUT2D eigenvalue weighted by atomic mass is 10.1. The fourth-order valence-electron chi connectivity index (χ4n) is 4.33. The molecule has 0 spiro atoms. The number of carbonyl (C=O) groups is 2. The number of aliphatic hydroxyl groups excluding tert-OH is 2. The number of aromatic hydroxyl groups is 1. The molecule has 4 unspecified atom stereocenters. The summed E-state index contributed by atoms with van der Waals surface area (Å²) in [5, 5.41) is 54.7. The van der Waals surface area contributed by atoms with Crippen molar-refractivity contribution in [1.29, 1.82) is 0 Å². The number of carboxylic acids is 1. The van der Waals surface area contributed by atoms with Gasteiger partial charge in [-0.3, -0.25) is 25.2 Å². The molecule has 4 atom stereocenters. The quantitative estimate of drug-likeness (QED) is 0.138. The van der Waals surface area contributed by atoms with Crippen LogP contribution in [0.25, 0.3) is 10.9 Å². The van der Waals surface area contributed by atoms with Crippen LogP contribution in [0.3, 0.4) is 0 Å². The fourth-order valence-corrected chi connectivity index (χ4v) is 4.33. The molecular weight excluding hydrogens is 520 g/mol. The first-order valence-corrected chi connectivity index (χ1v) is 12.7. The highest BCUT2D eigenvalue weighted by molar-refractivity contribution is 5.94. The van der Waals surface area contributed by atoms with Gasteiger partial charge in [-0.05, 0) is 25.1 Å². The van der Waals surface area contributed by atoms with Crippen molar-refractivity contribution in [3.05, 3.63) is 53.7 Å². The first-order chi connectivity index (χ1) is 19.1. The third kappa shape index (κ3) is 7.18. The van der Waals surface area contributed by atoms with Crippen molar-refractivity contribution in [1.82, 2.24) is 26.3 Å². The smallest absolute Gasteiger partial charge is 0.322 e. The molecule has 1 aliphatic rings. The van der Waals surface area contributed by atoms with Gasteiger partial charge in [0.2, 0.25) is 5.91 Å². The Hall–Kier alpha value is -4.37. The van der Waals surface area contributed by atoms with Crippen LogP contribution in [-0.4, -0.2) is 81.6 Å². The van der Waals surface area contributed by atoms with Crippen molar-refractivity contribution in [3.63, 3.8) is 0 Å². The number of H-pyrrole nitrogens is 1. The Morgan fingerprint density at radius 1 is 1.23 bits per heavy atom. The molecule has 4 rings (SSSR count). The van der Waals surface area contributed by atoms with Gasteiger partial charge in [0, 0.05) is 47.4 Å². The van der Waals surface area contributed by atoms with Crippen molar-refractivity contribution in [2.24, 2.45) is 4.99 Å². The van der Waals surface area contributed by atoms with Crippen LogP contribution in [0.4, 0.5) is 11.4 Å². The van der Waals surface area contributed by atoms with Gasteiger partial charge in [0.15, 0.2) is 5.96 Å².